The molecule has 1 aliphatic carbocycles. The highest BCUT2D eigenvalue weighted by atomic mass is 19.1. The van der Waals surface area contributed by atoms with Gasteiger partial charge in [0.1, 0.15) is 41.8 Å². The topological polar surface area (TPSA) is 271 Å². The molecule has 2 aromatic heterocycles. The van der Waals surface area contributed by atoms with Crippen molar-refractivity contribution in [1.29, 1.82) is 0 Å². The number of carbonyl (C=O) groups is 6. The molecule has 5 N–H and O–H groups in total. The second-order valence-corrected chi connectivity index (χ2v) is 23.4. The molecule has 2 bridgehead atoms. The first-order chi connectivity index (χ1) is 42.6. The summed E-state index contributed by atoms with van der Waals surface area (Å²) in [5.74, 6) is -1.59. The molecule has 5 aliphatic heterocycles. The summed E-state index contributed by atoms with van der Waals surface area (Å²) < 4.78 is 66.9. The van der Waals surface area contributed by atoms with Crippen molar-refractivity contribution in [3.05, 3.63) is 89.1 Å². The summed E-state index contributed by atoms with van der Waals surface area (Å²) in [7, 11) is 0. The van der Waals surface area contributed by atoms with E-state index in [1.54, 1.807) is 18.2 Å². The summed E-state index contributed by atoms with van der Waals surface area (Å²) in [6.45, 7) is 8.64. The van der Waals surface area contributed by atoms with Gasteiger partial charge in [-0.2, -0.15) is 9.97 Å². The molecular weight excluding hydrogens is 1140 g/mol. The number of Topliss-reactive ketones (excluding diaryl/α,β-unsaturated/α-hetero) is 2. The zero-order valence-corrected chi connectivity index (χ0v) is 48.8. The number of imide groups is 1. The predicted molar refractivity (Wildman–Crippen MR) is 318 cm³/mol. The summed E-state index contributed by atoms with van der Waals surface area (Å²) in [4.78, 5) is 95.2. The maximum atomic E-state index is 17.2. The minimum Gasteiger partial charge on any atom is -0.508 e. The molecule has 6 aliphatic rings. The zero-order chi connectivity index (χ0) is 61.5. The number of rotatable bonds is 25. The molecule has 0 spiro atoms. The van der Waals surface area contributed by atoms with Crippen LogP contribution >= 0.6 is 0 Å². The van der Waals surface area contributed by atoms with E-state index in [2.05, 4.69) is 53.5 Å². The van der Waals surface area contributed by atoms with Crippen LogP contribution in [0.4, 0.5) is 25.1 Å². The minimum atomic E-state index is -0.806. The van der Waals surface area contributed by atoms with Crippen LogP contribution in [0.3, 0.4) is 0 Å². The quantitative estimate of drug-likeness (QED) is 0.0140. The lowest BCUT2D eigenvalue weighted by Crippen LogP contribution is -2.51. The predicted octanol–water partition coefficient (Wildman–Crippen LogP) is 6.33. The van der Waals surface area contributed by atoms with E-state index in [1.807, 2.05) is 0 Å². The number of halogens is 2. The highest BCUT2D eigenvalue weighted by molar-refractivity contribution is 6.16. The summed E-state index contributed by atoms with van der Waals surface area (Å²) in [6, 6.07) is 10.5. The number of aromatic hydroxyl groups is 1. The minimum absolute atomic E-state index is 0.00918. The summed E-state index contributed by atoms with van der Waals surface area (Å²) in [6.07, 6.45) is 11.9. The van der Waals surface area contributed by atoms with E-state index in [0.29, 0.717) is 75.3 Å². The van der Waals surface area contributed by atoms with Crippen molar-refractivity contribution in [3.8, 4) is 35.4 Å². The number of carbonyl (C=O) groups excluding carboxylic acids is 6. The van der Waals surface area contributed by atoms with E-state index in [1.165, 1.54) is 30.5 Å². The third kappa shape index (κ3) is 13.8. The standard InChI is InChI=1S/C64H71F2N9O13/c1-3-45-49(65)12-7-38-28-44(76)29-47(54(38)45)57-56(66)58-48(31-68-57)60(74-33-41-10-11-42(34-74)69-41)73-62(72-58)88-36-64-17-15-43(75(64)32-37(2)30-64)35-87-63(82)67-18-20-84-22-24-86-26-25-85-23-21-83-19-16-53(79)70-50-6-4-5-46-51(77)13-8-39(59(80)55(46)50)27-40-9-14-52(78)71-61(40)81/h1,4-7,12,28-29,31,39-43,69,76H,2,8-11,13-27,30,32-36H2,(H,67,82)(H,70,79)(H,71,78,81)/t39?,40?,41?,42?,43-,64-/m0/s1. The van der Waals surface area contributed by atoms with Crippen LogP contribution in [0.25, 0.3) is 32.9 Å². The van der Waals surface area contributed by atoms with Gasteiger partial charge in [0.15, 0.2) is 17.4 Å². The molecule has 6 atom stereocenters. The average molecular weight is 1210 g/mol. The fourth-order valence-corrected chi connectivity index (χ4v) is 13.2. The van der Waals surface area contributed by atoms with Crippen LogP contribution in [-0.2, 0) is 38.1 Å². The smallest absolute Gasteiger partial charge is 0.407 e. The van der Waals surface area contributed by atoms with Gasteiger partial charge in [-0.25, -0.2) is 13.6 Å². The van der Waals surface area contributed by atoms with E-state index in [9.17, 15) is 33.9 Å². The molecule has 0 saturated carbocycles. The molecule has 22 nitrogen and oxygen atoms in total. The van der Waals surface area contributed by atoms with Gasteiger partial charge < -0.3 is 54.4 Å². The molecule has 5 saturated heterocycles. The lowest BCUT2D eigenvalue weighted by Gasteiger charge is -2.35. The molecule has 464 valence electrons. The van der Waals surface area contributed by atoms with Crippen LogP contribution in [-0.4, -0.2) is 176 Å². The van der Waals surface area contributed by atoms with Crippen molar-refractivity contribution in [2.75, 3.05) is 102 Å². The van der Waals surface area contributed by atoms with E-state index in [4.69, 9.17) is 39.8 Å². The summed E-state index contributed by atoms with van der Waals surface area (Å²) in [5.41, 5.74) is 0.906. The zero-order valence-electron chi connectivity index (χ0n) is 48.8. The molecule has 4 amide bonds. The van der Waals surface area contributed by atoms with Gasteiger partial charge in [0.2, 0.25) is 17.7 Å². The molecule has 0 radical (unpaired) electrons. The van der Waals surface area contributed by atoms with Gasteiger partial charge in [0.25, 0.3) is 0 Å². The van der Waals surface area contributed by atoms with Crippen LogP contribution in [0.2, 0.25) is 0 Å². The lowest BCUT2D eigenvalue weighted by atomic mass is 9.82. The second kappa shape index (κ2) is 27.6. The van der Waals surface area contributed by atoms with Crippen LogP contribution in [0.5, 0.6) is 11.8 Å². The first-order valence-electron chi connectivity index (χ1n) is 30.1. The molecule has 5 fully saturated rings. The van der Waals surface area contributed by atoms with Crippen molar-refractivity contribution in [3.63, 3.8) is 0 Å². The third-order valence-corrected chi connectivity index (χ3v) is 17.5. The van der Waals surface area contributed by atoms with Crippen molar-refractivity contribution >= 4 is 68.6 Å². The van der Waals surface area contributed by atoms with Gasteiger partial charge in [-0.05, 0) is 81.0 Å². The van der Waals surface area contributed by atoms with Gasteiger partial charge in [-0.15, -0.1) is 6.42 Å². The van der Waals surface area contributed by atoms with Crippen LogP contribution in [0.15, 0.2) is 60.8 Å². The monoisotopic (exact) mass is 1210 g/mol. The van der Waals surface area contributed by atoms with Gasteiger partial charge >= 0.3 is 12.1 Å². The maximum Gasteiger partial charge on any atom is 0.407 e. The second-order valence-electron chi connectivity index (χ2n) is 23.4. The first-order valence-corrected chi connectivity index (χ1v) is 30.1. The fourth-order valence-electron chi connectivity index (χ4n) is 13.2. The number of alkyl carbamates (subject to hydrolysis) is 1. The number of pyridine rings is 1. The number of phenols is 1. The number of piperidine rings is 1. The molecule has 11 rings (SSSR count). The van der Waals surface area contributed by atoms with Gasteiger partial charge in [-0.3, -0.25) is 39.2 Å². The van der Waals surface area contributed by atoms with Crippen LogP contribution in [0.1, 0.15) is 96.9 Å². The van der Waals surface area contributed by atoms with E-state index < -0.39 is 46.9 Å². The molecule has 88 heavy (non-hydrogen) atoms. The normalized spacial score (nSPS) is 22.6. The number of hydrogen-bond acceptors (Lipinski definition) is 19. The number of aromatic nitrogens is 3. The van der Waals surface area contributed by atoms with Crippen LogP contribution in [0, 0.1) is 35.8 Å². The number of fused-ring (bicyclic) bond motifs is 6. The molecule has 3 aromatic carbocycles. The largest absolute Gasteiger partial charge is 0.508 e. The average Bonchev–Trinajstić information content (AvgIpc) is 1.30. The summed E-state index contributed by atoms with van der Waals surface area (Å²) >= 11 is 0. The van der Waals surface area contributed by atoms with Crippen molar-refractivity contribution in [2.45, 2.75) is 94.3 Å². The molecule has 7 heterocycles. The third-order valence-electron chi connectivity index (χ3n) is 17.5. The Balaban J connectivity index is 0.581. The Morgan fingerprint density at radius 3 is 2.36 bits per heavy atom. The number of nitrogens with zero attached hydrogens (tertiary/aromatic N) is 5. The Morgan fingerprint density at radius 2 is 1.61 bits per heavy atom. The number of phenolic OH excluding ortho intramolecular Hbond substituents is 1. The summed E-state index contributed by atoms with van der Waals surface area (Å²) in [5, 5.41) is 23.2. The van der Waals surface area contributed by atoms with E-state index >= 15 is 8.78 Å². The SMILES string of the molecule is C#Cc1c(F)ccc2cc(O)cc(-c3ncc4c(N5CC6CCC(C5)N6)nc(OC[C@@]56CC[C@@H](COC(=O)NCCOCCOCCOCCOCCC(=O)Nc7cccc8c7C(=O)C(CC7CCC(=O)NC7=O)CCC8=O)N5CC(=C)C6)nc4c3F)c12. The van der Waals surface area contributed by atoms with E-state index in [-0.39, 0.29) is 177 Å². The Morgan fingerprint density at radius 1 is 0.875 bits per heavy atom. The number of terminal acetylenes is 1. The van der Waals surface area contributed by atoms with Crippen LogP contribution < -0.4 is 30.9 Å². The molecular formula is C64H71F2N9O13. The number of piperazine rings is 1. The number of ketones is 2. The Labute approximate surface area is 506 Å². The maximum absolute atomic E-state index is 17.2. The highest BCUT2D eigenvalue weighted by Gasteiger charge is 2.52. The van der Waals surface area contributed by atoms with Gasteiger partial charge in [-0.1, -0.05) is 36.3 Å². The van der Waals surface area contributed by atoms with E-state index in [0.717, 1.165) is 24.8 Å². The molecule has 5 aromatic rings. The Kier molecular flexibility index (Phi) is 19.3. The Bertz CT molecular complexity index is 3570. The fraction of sp³-hybridized carbons (Fsp3) is 0.484. The van der Waals surface area contributed by atoms with Crippen molar-refractivity contribution < 1.29 is 71.1 Å². The highest BCUT2D eigenvalue weighted by Crippen LogP contribution is 2.45. The number of anilines is 2. The molecule has 4 unspecified atom stereocenters. The lowest BCUT2D eigenvalue weighted by molar-refractivity contribution is -0.136. The number of benzene rings is 3. The number of nitrogens with one attached hydrogen (secondary N) is 4. The van der Waals surface area contributed by atoms with Crippen molar-refractivity contribution in [1.82, 2.24) is 35.8 Å². The van der Waals surface area contributed by atoms with Crippen molar-refractivity contribution in [2.24, 2.45) is 11.8 Å². The first kappa shape index (κ1) is 61.6. The number of hydrogen-bond donors (Lipinski definition) is 5. The molecule has 24 heteroatoms. The van der Waals surface area contributed by atoms with Gasteiger partial charge in [0, 0.05) is 91.7 Å². The Hall–Kier alpha value is -8.05. The number of ether oxygens (including phenoxy) is 6. The van der Waals surface area contributed by atoms with Gasteiger partial charge in [0.05, 0.1) is 87.0 Å². The number of amides is 4.